The Balaban J connectivity index is 1.79. The number of benzene rings is 2. The maximum atomic E-state index is 12.7. The van der Waals surface area contributed by atoms with Gasteiger partial charge in [0.25, 0.3) is 11.6 Å². The van der Waals surface area contributed by atoms with Gasteiger partial charge in [-0.1, -0.05) is 30.3 Å². The quantitative estimate of drug-likeness (QED) is 0.303. The molecule has 0 fully saturated rings. The molecular weight excluding hydrogens is 420 g/mol. The van der Waals surface area contributed by atoms with Gasteiger partial charge in [-0.2, -0.15) is 0 Å². The van der Waals surface area contributed by atoms with Crippen molar-refractivity contribution < 1.29 is 24.0 Å². The van der Waals surface area contributed by atoms with Gasteiger partial charge in [0.2, 0.25) is 0 Å². The van der Waals surface area contributed by atoms with Crippen molar-refractivity contribution in [1.82, 2.24) is 0 Å². The SMILES string of the molecule is CCOC(=O)c1c(-c2ccccc2)csc1NC(=O)C(C)Oc1ccc([N+](=O)[O-])cc1. The fraction of sp³-hybridized carbons (Fsp3) is 0.182. The van der Waals surface area contributed by atoms with Crippen molar-refractivity contribution in [3.05, 3.63) is 75.7 Å². The van der Waals surface area contributed by atoms with Crippen molar-refractivity contribution in [3.8, 4) is 16.9 Å². The van der Waals surface area contributed by atoms with Gasteiger partial charge in [-0.25, -0.2) is 4.79 Å². The lowest BCUT2D eigenvalue weighted by Crippen LogP contribution is -2.30. The molecule has 1 aromatic heterocycles. The van der Waals surface area contributed by atoms with Crippen LogP contribution >= 0.6 is 11.3 Å². The van der Waals surface area contributed by atoms with Crippen LogP contribution in [0.15, 0.2) is 60.0 Å². The van der Waals surface area contributed by atoms with Gasteiger partial charge >= 0.3 is 5.97 Å². The number of hydrogen-bond acceptors (Lipinski definition) is 7. The minimum Gasteiger partial charge on any atom is -0.481 e. The number of amides is 1. The van der Waals surface area contributed by atoms with Crippen LogP contribution in [0.1, 0.15) is 24.2 Å². The predicted octanol–water partition coefficient (Wildman–Crippen LogP) is 4.91. The monoisotopic (exact) mass is 440 g/mol. The van der Waals surface area contributed by atoms with E-state index in [1.807, 2.05) is 30.3 Å². The second-order valence-electron chi connectivity index (χ2n) is 6.44. The number of ether oxygens (including phenoxy) is 2. The van der Waals surface area contributed by atoms with Crippen LogP contribution in [0.5, 0.6) is 5.75 Å². The second kappa shape index (κ2) is 9.86. The standard InChI is InChI=1S/C22H20N2O6S/c1-3-29-22(26)19-18(15-7-5-4-6-8-15)13-31-21(19)23-20(25)14(2)30-17-11-9-16(10-12-17)24(27)28/h4-14H,3H2,1-2H3,(H,23,25). The zero-order chi connectivity index (χ0) is 22.4. The lowest BCUT2D eigenvalue weighted by Gasteiger charge is -2.15. The first-order valence-electron chi connectivity index (χ1n) is 9.46. The highest BCUT2D eigenvalue weighted by Gasteiger charge is 2.25. The summed E-state index contributed by atoms with van der Waals surface area (Å²) in [6, 6.07) is 14.8. The van der Waals surface area contributed by atoms with Crippen molar-refractivity contribution in [2.75, 3.05) is 11.9 Å². The van der Waals surface area contributed by atoms with Gasteiger partial charge in [0, 0.05) is 23.1 Å². The number of rotatable bonds is 8. The van der Waals surface area contributed by atoms with Crippen molar-refractivity contribution in [2.45, 2.75) is 20.0 Å². The van der Waals surface area contributed by atoms with E-state index in [1.54, 1.807) is 19.2 Å². The van der Waals surface area contributed by atoms with Gasteiger partial charge in [-0.15, -0.1) is 11.3 Å². The van der Waals surface area contributed by atoms with E-state index in [0.717, 1.165) is 5.56 Å². The second-order valence-corrected chi connectivity index (χ2v) is 7.32. The minimum absolute atomic E-state index is 0.0736. The highest BCUT2D eigenvalue weighted by molar-refractivity contribution is 7.15. The first kappa shape index (κ1) is 22.0. The number of anilines is 1. The Labute approximate surface area is 182 Å². The molecule has 0 spiro atoms. The smallest absolute Gasteiger partial charge is 0.341 e. The van der Waals surface area contributed by atoms with Gasteiger partial charge < -0.3 is 14.8 Å². The van der Waals surface area contributed by atoms with E-state index < -0.39 is 22.9 Å². The van der Waals surface area contributed by atoms with Gasteiger partial charge in [0.05, 0.1) is 11.5 Å². The minimum atomic E-state index is -0.904. The summed E-state index contributed by atoms with van der Waals surface area (Å²) in [5.41, 5.74) is 1.71. The maximum absolute atomic E-state index is 12.7. The summed E-state index contributed by atoms with van der Waals surface area (Å²) in [7, 11) is 0. The largest absolute Gasteiger partial charge is 0.481 e. The van der Waals surface area contributed by atoms with Crippen LogP contribution in [0.3, 0.4) is 0 Å². The first-order chi connectivity index (χ1) is 14.9. The van der Waals surface area contributed by atoms with Crippen molar-refractivity contribution in [2.24, 2.45) is 0 Å². The molecular formula is C22H20N2O6S. The Hall–Kier alpha value is -3.72. The van der Waals surface area contributed by atoms with Crippen LogP contribution in [0.2, 0.25) is 0 Å². The molecule has 0 aliphatic rings. The van der Waals surface area contributed by atoms with Crippen molar-refractivity contribution in [1.29, 1.82) is 0 Å². The van der Waals surface area contributed by atoms with Gasteiger partial charge in [0.1, 0.15) is 16.3 Å². The van der Waals surface area contributed by atoms with Crippen LogP contribution < -0.4 is 10.1 Å². The molecule has 1 N–H and O–H groups in total. The summed E-state index contributed by atoms with van der Waals surface area (Å²) in [5.74, 6) is -0.678. The number of carbonyl (C=O) groups is 2. The Morgan fingerprint density at radius 3 is 2.42 bits per heavy atom. The summed E-state index contributed by atoms with van der Waals surface area (Å²) >= 11 is 1.22. The number of nitrogens with one attached hydrogen (secondary N) is 1. The number of esters is 1. The van der Waals surface area contributed by atoms with Crippen molar-refractivity contribution >= 4 is 33.9 Å². The fourth-order valence-corrected chi connectivity index (χ4v) is 3.76. The lowest BCUT2D eigenvalue weighted by molar-refractivity contribution is -0.384. The molecule has 0 bridgehead atoms. The number of nitrogens with zero attached hydrogens (tertiary/aromatic N) is 1. The fourth-order valence-electron chi connectivity index (χ4n) is 2.80. The number of nitro groups is 1. The van der Waals surface area contributed by atoms with E-state index in [2.05, 4.69) is 5.32 Å². The van der Waals surface area contributed by atoms with Crippen LogP contribution in [-0.2, 0) is 9.53 Å². The molecule has 160 valence electrons. The molecule has 1 heterocycles. The third-order valence-electron chi connectivity index (χ3n) is 4.32. The maximum Gasteiger partial charge on any atom is 0.341 e. The van der Waals surface area contributed by atoms with Gasteiger partial charge in [-0.3, -0.25) is 14.9 Å². The molecule has 2 aromatic carbocycles. The summed E-state index contributed by atoms with van der Waals surface area (Å²) in [4.78, 5) is 35.5. The zero-order valence-corrected chi connectivity index (χ0v) is 17.7. The number of thiophene rings is 1. The molecule has 3 rings (SSSR count). The van der Waals surface area contributed by atoms with E-state index in [9.17, 15) is 19.7 Å². The summed E-state index contributed by atoms with van der Waals surface area (Å²) in [6.45, 7) is 3.47. The lowest BCUT2D eigenvalue weighted by atomic mass is 10.0. The Morgan fingerprint density at radius 2 is 1.81 bits per heavy atom. The molecule has 1 atom stereocenters. The van der Waals surface area contributed by atoms with E-state index in [1.165, 1.54) is 35.6 Å². The Kier molecular flexibility index (Phi) is 6.99. The molecule has 3 aromatic rings. The molecule has 0 saturated heterocycles. The number of nitro benzene ring substituents is 1. The molecule has 0 radical (unpaired) electrons. The molecule has 31 heavy (non-hydrogen) atoms. The zero-order valence-electron chi connectivity index (χ0n) is 16.9. The molecule has 0 aliphatic carbocycles. The van der Waals surface area contributed by atoms with Gasteiger partial charge in [0.15, 0.2) is 6.10 Å². The van der Waals surface area contributed by atoms with E-state index in [4.69, 9.17) is 9.47 Å². The summed E-state index contributed by atoms with van der Waals surface area (Å²) in [6.07, 6.45) is -0.904. The van der Waals surface area contributed by atoms with Crippen LogP contribution in [0, 0.1) is 10.1 Å². The Bertz CT molecular complexity index is 1080. The average molecular weight is 440 g/mol. The van der Waals surface area contributed by atoms with Crippen LogP contribution in [0.4, 0.5) is 10.7 Å². The van der Waals surface area contributed by atoms with E-state index >= 15 is 0 Å². The normalized spacial score (nSPS) is 11.4. The average Bonchev–Trinajstić information content (AvgIpc) is 3.18. The Morgan fingerprint density at radius 1 is 1.13 bits per heavy atom. The van der Waals surface area contributed by atoms with Crippen LogP contribution in [-0.4, -0.2) is 29.5 Å². The van der Waals surface area contributed by atoms with E-state index in [-0.39, 0.29) is 17.9 Å². The van der Waals surface area contributed by atoms with Crippen LogP contribution in [0.25, 0.3) is 11.1 Å². The molecule has 0 saturated carbocycles. The predicted molar refractivity (Wildman–Crippen MR) is 118 cm³/mol. The summed E-state index contributed by atoms with van der Waals surface area (Å²) < 4.78 is 10.8. The van der Waals surface area contributed by atoms with E-state index in [0.29, 0.717) is 16.3 Å². The number of carbonyl (C=O) groups excluding carboxylic acids is 2. The summed E-state index contributed by atoms with van der Waals surface area (Å²) in [5, 5.41) is 15.6. The molecule has 9 heteroatoms. The van der Waals surface area contributed by atoms with Crippen molar-refractivity contribution in [3.63, 3.8) is 0 Å². The highest BCUT2D eigenvalue weighted by atomic mass is 32.1. The number of hydrogen-bond donors (Lipinski definition) is 1. The number of non-ortho nitro benzene ring substituents is 1. The third kappa shape index (κ3) is 5.26. The molecule has 1 amide bonds. The first-order valence-corrected chi connectivity index (χ1v) is 10.3. The topological polar surface area (TPSA) is 108 Å². The molecule has 0 aliphatic heterocycles. The molecule has 1 unspecified atom stereocenters. The van der Waals surface area contributed by atoms with Gasteiger partial charge in [-0.05, 0) is 31.5 Å². The molecule has 8 nitrogen and oxygen atoms in total. The highest BCUT2D eigenvalue weighted by Crippen LogP contribution is 2.36. The third-order valence-corrected chi connectivity index (χ3v) is 5.22.